The zero-order chi connectivity index (χ0) is 18.9. The first-order valence-corrected chi connectivity index (χ1v) is 9.80. The van der Waals surface area contributed by atoms with E-state index in [1.165, 1.54) is 0 Å². The number of carbonyl (C=O) groups excluding carboxylic acids is 2. The van der Waals surface area contributed by atoms with Gasteiger partial charge in [-0.25, -0.2) is 4.79 Å². The molecule has 0 spiro atoms. The molecule has 2 aliphatic heterocycles. The van der Waals surface area contributed by atoms with Gasteiger partial charge in [0.1, 0.15) is 17.5 Å². The Kier molecular flexibility index (Phi) is 4.63. The molecular weight excluding hydrogens is 360 g/mol. The number of esters is 1. The van der Waals surface area contributed by atoms with Gasteiger partial charge in [-0.1, -0.05) is 42.5 Å². The lowest BCUT2D eigenvalue weighted by Crippen LogP contribution is -2.46. The van der Waals surface area contributed by atoms with Crippen molar-refractivity contribution in [2.24, 2.45) is 0 Å². The SMILES string of the molecule is N#Cc1cccc(COC(=O)[C@@H]2CS[C@]3(c4ccccc4)CCC(=O)N23)c1. The van der Waals surface area contributed by atoms with Gasteiger partial charge >= 0.3 is 5.97 Å². The highest BCUT2D eigenvalue weighted by Gasteiger charge is 2.57. The zero-order valence-electron chi connectivity index (χ0n) is 14.6. The molecule has 2 aliphatic rings. The van der Waals surface area contributed by atoms with Gasteiger partial charge in [0.2, 0.25) is 5.91 Å². The van der Waals surface area contributed by atoms with E-state index in [4.69, 9.17) is 10.00 Å². The smallest absolute Gasteiger partial charge is 0.330 e. The topological polar surface area (TPSA) is 70.4 Å². The molecule has 2 aromatic carbocycles. The van der Waals surface area contributed by atoms with Crippen molar-refractivity contribution in [1.29, 1.82) is 5.26 Å². The maximum Gasteiger partial charge on any atom is 0.330 e. The summed E-state index contributed by atoms with van der Waals surface area (Å²) in [7, 11) is 0. The van der Waals surface area contributed by atoms with Crippen molar-refractivity contribution in [3.63, 3.8) is 0 Å². The lowest BCUT2D eigenvalue weighted by atomic mass is 10.0. The van der Waals surface area contributed by atoms with Crippen molar-refractivity contribution in [2.45, 2.75) is 30.4 Å². The summed E-state index contributed by atoms with van der Waals surface area (Å²) in [6.07, 6.45) is 1.14. The summed E-state index contributed by atoms with van der Waals surface area (Å²) in [5.74, 6) is 0.132. The summed E-state index contributed by atoms with van der Waals surface area (Å²) in [5.41, 5.74) is 2.34. The fourth-order valence-electron chi connectivity index (χ4n) is 3.80. The van der Waals surface area contributed by atoms with Crippen LogP contribution in [0, 0.1) is 11.3 Å². The van der Waals surface area contributed by atoms with Crippen LogP contribution in [-0.2, 0) is 25.8 Å². The van der Waals surface area contributed by atoms with E-state index in [0.717, 1.165) is 11.1 Å². The average molecular weight is 378 g/mol. The second-order valence-electron chi connectivity index (χ2n) is 6.66. The first kappa shape index (κ1) is 17.6. The third kappa shape index (κ3) is 3.08. The molecule has 0 saturated carbocycles. The third-order valence-corrected chi connectivity index (χ3v) is 6.66. The van der Waals surface area contributed by atoms with E-state index in [2.05, 4.69) is 6.07 Å². The molecule has 0 radical (unpaired) electrons. The summed E-state index contributed by atoms with van der Waals surface area (Å²) in [4.78, 5) is 26.6. The Bertz CT molecular complexity index is 925. The number of fused-ring (bicyclic) bond motifs is 1. The molecule has 2 atom stereocenters. The summed E-state index contributed by atoms with van der Waals surface area (Å²) in [6.45, 7) is 0.0931. The molecule has 0 N–H and O–H groups in total. The van der Waals surface area contributed by atoms with E-state index < -0.39 is 16.9 Å². The van der Waals surface area contributed by atoms with Crippen LogP contribution in [0.1, 0.15) is 29.5 Å². The van der Waals surface area contributed by atoms with Crippen molar-refractivity contribution >= 4 is 23.6 Å². The second kappa shape index (κ2) is 7.09. The fourth-order valence-corrected chi connectivity index (χ4v) is 5.43. The molecular formula is C21H18N2O3S. The summed E-state index contributed by atoms with van der Waals surface area (Å²) < 4.78 is 5.49. The maximum absolute atomic E-state index is 12.7. The van der Waals surface area contributed by atoms with Gasteiger partial charge in [-0.2, -0.15) is 5.26 Å². The van der Waals surface area contributed by atoms with Gasteiger partial charge in [0, 0.05) is 12.2 Å². The Hall–Kier alpha value is -2.78. The van der Waals surface area contributed by atoms with Crippen LogP contribution in [0.15, 0.2) is 54.6 Å². The van der Waals surface area contributed by atoms with Crippen molar-refractivity contribution < 1.29 is 14.3 Å². The van der Waals surface area contributed by atoms with Crippen molar-refractivity contribution in [1.82, 2.24) is 4.90 Å². The van der Waals surface area contributed by atoms with Crippen molar-refractivity contribution in [3.05, 3.63) is 71.3 Å². The van der Waals surface area contributed by atoms with Gasteiger partial charge in [0.15, 0.2) is 0 Å². The Balaban J connectivity index is 1.51. The first-order chi connectivity index (χ1) is 13.1. The van der Waals surface area contributed by atoms with Crippen LogP contribution < -0.4 is 0 Å². The Morgan fingerprint density at radius 2 is 2.07 bits per heavy atom. The summed E-state index contributed by atoms with van der Waals surface area (Å²) >= 11 is 1.64. The minimum atomic E-state index is -0.579. The maximum atomic E-state index is 12.7. The minimum Gasteiger partial charge on any atom is -0.459 e. The van der Waals surface area contributed by atoms with E-state index in [-0.39, 0.29) is 12.5 Å². The number of rotatable bonds is 4. The van der Waals surface area contributed by atoms with E-state index in [9.17, 15) is 9.59 Å². The van der Waals surface area contributed by atoms with Crippen molar-refractivity contribution in [2.75, 3.05) is 5.75 Å². The molecule has 6 heteroatoms. The lowest BCUT2D eigenvalue weighted by Gasteiger charge is -2.33. The molecule has 1 amide bonds. The van der Waals surface area contributed by atoms with E-state index >= 15 is 0 Å². The molecule has 2 aromatic rings. The van der Waals surface area contributed by atoms with Crippen LogP contribution in [0.4, 0.5) is 0 Å². The quantitative estimate of drug-likeness (QED) is 0.764. The normalized spacial score (nSPS) is 23.7. The number of nitriles is 1. The number of ether oxygens (including phenoxy) is 1. The van der Waals surface area contributed by atoms with E-state index in [0.29, 0.717) is 24.2 Å². The highest BCUT2D eigenvalue weighted by molar-refractivity contribution is 8.00. The van der Waals surface area contributed by atoms with Gasteiger partial charge in [0.25, 0.3) is 0 Å². The number of hydrogen-bond donors (Lipinski definition) is 0. The molecule has 0 bridgehead atoms. The van der Waals surface area contributed by atoms with Gasteiger partial charge in [-0.05, 0) is 29.7 Å². The van der Waals surface area contributed by atoms with Crippen LogP contribution in [0.2, 0.25) is 0 Å². The molecule has 2 saturated heterocycles. The largest absolute Gasteiger partial charge is 0.459 e. The number of hydrogen-bond acceptors (Lipinski definition) is 5. The number of amides is 1. The van der Waals surface area contributed by atoms with E-state index in [1.807, 2.05) is 36.4 Å². The molecule has 0 aromatic heterocycles. The average Bonchev–Trinajstić information content (AvgIpc) is 3.26. The number of benzene rings is 2. The molecule has 2 heterocycles. The highest BCUT2D eigenvalue weighted by atomic mass is 32.2. The van der Waals surface area contributed by atoms with Crippen LogP contribution in [-0.4, -0.2) is 28.6 Å². The van der Waals surface area contributed by atoms with Crippen LogP contribution in [0.3, 0.4) is 0 Å². The molecule has 2 fully saturated rings. The zero-order valence-corrected chi connectivity index (χ0v) is 15.4. The fraction of sp³-hybridized carbons (Fsp3) is 0.286. The van der Waals surface area contributed by atoms with Crippen LogP contribution in [0.25, 0.3) is 0 Å². The van der Waals surface area contributed by atoms with Gasteiger partial charge in [-0.15, -0.1) is 11.8 Å². The third-order valence-electron chi connectivity index (χ3n) is 5.06. The van der Waals surface area contributed by atoms with Gasteiger partial charge in [-0.3, -0.25) is 4.79 Å². The number of nitrogens with zero attached hydrogens (tertiary/aromatic N) is 2. The first-order valence-electron chi connectivity index (χ1n) is 8.81. The molecule has 136 valence electrons. The Morgan fingerprint density at radius 3 is 2.85 bits per heavy atom. The lowest BCUT2D eigenvalue weighted by molar-refractivity contribution is -0.155. The second-order valence-corrected chi connectivity index (χ2v) is 7.96. The summed E-state index contributed by atoms with van der Waals surface area (Å²) in [5, 5.41) is 8.98. The van der Waals surface area contributed by atoms with Crippen molar-refractivity contribution in [3.8, 4) is 6.07 Å². The minimum absolute atomic E-state index is 0.00252. The Morgan fingerprint density at radius 1 is 1.26 bits per heavy atom. The predicted molar refractivity (Wildman–Crippen MR) is 101 cm³/mol. The molecule has 4 rings (SSSR count). The van der Waals surface area contributed by atoms with Gasteiger partial charge in [0.05, 0.1) is 11.6 Å². The molecule has 5 nitrogen and oxygen atoms in total. The van der Waals surface area contributed by atoms with E-state index in [1.54, 1.807) is 34.9 Å². The standard InChI is InChI=1S/C21H18N2O3S/c22-12-15-5-4-6-16(11-15)13-26-20(25)18-14-27-21(10-9-19(24)23(18)21)17-7-2-1-3-8-17/h1-8,11,18H,9-10,13-14H2/t18-,21-/m0/s1. The van der Waals surface area contributed by atoms with Gasteiger partial charge < -0.3 is 9.64 Å². The van der Waals surface area contributed by atoms with Crippen LogP contribution in [0.5, 0.6) is 0 Å². The molecule has 0 aliphatic carbocycles. The Labute approximate surface area is 161 Å². The highest BCUT2D eigenvalue weighted by Crippen LogP contribution is 2.54. The van der Waals surface area contributed by atoms with Crippen LogP contribution >= 0.6 is 11.8 Å². The molecule has 0 unspecified atom stereocenters. The number of thioether (sulfide) groups is 1. The summed E-state index contributed by atoms with van der Waals surface area (Å²) in [6, 6.07) is 18.4. The number of carbonyl (C=O) groups is 2. The predicted octanol–water partition coefficient (Wildman–Crippen LogP) is 3.19. The monoisotopic (exact) mass is 378 g/mol. The molecule has 27 heavy (non-hydrogen) atoms.